The third kappa shape index (κ3) is 3.73. The number of nitrogens with one attached hydrogen (secondary N) is 1. The molecule has 0 saturated heterocycles. The van der Waals surface area contributed by atoms with Crippen LogP contribution in [-0.2, 0) is 0 Å². The summed E-state index contributed by atoms with van der Waals surface area (Å²) in [5.74, 6) is 0.0675. The summed E-state index contributed by atoms with van der Waals surface area (Å²) < 4.78 is 0. The summed E-state index contributed by atoms with van der Waals surface area (Å²) in [7, 11) is 0. The van der Waals surface area contributed by atoms with Gasteiger partial charge in [0.25, 0.3) is 0 Å². The van der Waals surface area contributed by atoms with Crippen molar-refractivity contribution in [3.8, 4) is 6.07 Å². The SMILES string of the molecule is Cc1ccc(C(C)NCC(C)C#N)cc1. The summed E-state index contributed by atoms with van der Waals surface area (Å²) in [5, 5.41) is 12.0. The van der Waals surface area contributed by atoms with Crippen molar-refractivity contribution in [2.45, 2.75) is 26.8 Å². The van der Waals surface area contributed by atoms with Crippen LogP contribution in [0.2, 0.25) is 0 Å². The Morgan fingerprint density at radius 3 is 2.40 bits per heavy atom. The van der Waals surface area contributed by atoms with Crippen LogP contribution in [0.4, 0.5) is 0 Å². The van der Waals surface area contributed by atoms with Gasteiger partial charge in [0.15, 0.2) is 0 Å². The number of nitriles is 1. The van der Waals surface area contributed by atoms with E-state index < -0.39 is 0 Å². The molecule has 0 amide bonds. The van der Waals surface area contributed by atoms with E-state index in [1.54, 1.807) is 0 Å². The first kappa shape index (κ1) is 11.7. The Hall–Kier alpha value is -1.33. The fourth-order valence-electron chi connectivity index (χ4n) is 1.37. The highest BCUT2D eigenvalue weighted by molar-refractivity contribution is 5.23. The molecule has 1 N–H and O–H groups in total. The molecule has 15 heavy (non-hydrogen) atoms. The van der Waals surface area contributed by atoms with Crippen molar-refractivity contribution in [1.29, 1.82) is 5.26 Å². The van der Waals surface area contributed by atoms with E-state index in [9.17, 15) is 0 Å². The minimum Gasteiger partial charge on any atom is -0.309 e. The van der Waals surface area contributed by atoms with Gasteiger partial charge in [-0.25, -0.2) is 0 Å². The molecule has 2 unspecified atom stereocenters. The van der Waals surface area contributed by atoms with Gasteiger partial charge in [0, 0.05) is 12.6 Å². The van der Waals surface area contributed by atoms with Gasteiger partial charge in [0.1, 0.15) is 0 Å². The minimum atomic E-state index is 0.0675. The van der Waals surface area contributed by atoms with E-state index in [0.717, 1.165) is 6.54 Å². The third-order valence-electron chi connectivity index (χ3n) is 2.53. The van der Waals surface area contributed by atoms with Crippen LogP contribution in [0.15, 0.2) is 24.3 Å². The summed E-state index contributed by atoms with van der Waals surface area (Å²) in [5.41, 5.74) is 2.54. The van der Waals surface area contributed by atoms with E-state index >= 15 is 0 Å². The number of rotatable bonds is 4. The van der Waals surface area contributed by atoms with E-state index in [-0.39, 0.29) is 5.92 Å². The van der Waals surface area contributed by atoms with Crippen molar-refractivity contribution < 1.29 is 0 Å². The second-order valence-corrected chi connectivity index (χ2v) is 4.07. The molecule has 1 aromatic rings. The Labute approximate surface area is 91.9 Å². The molecule has 0 aromatic heterocycles. The van der Waals surface area contributed by atoms with Crippen LogP contribution in [0.5, 0.6) is 0 Å². The van der Waals surface area contributed by atoms with E-state index in [1.165, 1.54) is 11.1 Å². The highest BCUT2D eigenvalue weighted by Crippen LogP contribution is 2.13. The fourth-order valence-corrected chi connectivity index (χ4v) is 1.37. The maximum Gasteiger partial charge on any atom is 0.0666 e. The molecule has 0 bridgehead atoms. The molecule has 1 rings (SSSR count). The molecule has 0 aliphatic carbocycles. The lowest BCUT2D eigenvalue weighted by Crippen LogP contribution is -2.23. The molecule has 0 aliphatic rings. The van der Waals surface area contributed by atoms with E-state index in [1.807, 2.05) is 6.92 Å². The second-order valence-electron chi connectivity index (χ2n) is 4.07. The van der Waals surface area contributed by atoms with Gasteiger partial charge in [0.2, 0.25) is 0 Å². The zero-order valence-electron chi connectivity index (χ0n) is 9.62. The smallest absolute Gasteiger partial charge is 0.0666 e. The highest BCUT2D eigenvalue weighted by Gasteiger charge is 2.06. The van der Waals surface area contributed by atoms with Crippen molar-refractivity contribution in [2.24, 2.45) is 5.92 Å². The summed E-state index contributed by atoms with van der Waals surface area (Å²) in [6.45, 7) is 6.87. The predicted molar refractivity (Wildman–Crippen MR) is 62.4 cm³/mol. The fraction of sp³-hybridized carbons (Fsp3) is 0.462. The lowest BCUT2D eigenvalue weighted by atomic mass is 10.1. The van der Waals surface area contributed by atoms with Crippen molar-refractivity contribution >= 4 is 0 Å². The van der Waals surface area contributed by atoms with Crippen molar-refractivity contribution in [1.82, 2.24) is 5.32 Å². The van der Waals surface area contributed by atoms with Crippen LogP contribution in [0.25, 0.3) is 0 Å². The number of hydrogen-bond acceptors (Lipinski definition) is 2. The zero-order valence-corrected chi connectivity index (χ0v) is 9.62. The lowest BCUT2D eigenvalue weighted by Gasteiger charge is -2.15. The monoisotopic (exact) mass is 202 g/mol. The minimum absolute atomic E-state index is 0.0675. The summed E-state index contributed by atoms with van der Waals surface area (Å²) in [6, 6.07) is 11.0. The molecule has 0 saturated carbocycles. The predicted octanol–water partition coefficient (Wildman–Crippen LogP) is 2.81. The van der Waals surface area contributed by atoms with Crippen LogP contribution < -0.4 is 5.32 Å². The Morgan fingerprint density at radius 2 is 1.87 bits per heavy atom. The first-order chi connectivity index (χ1) is 7.13. The van der Waals surface area contributed by atoms with Gasteiger partial charge in [-0.3, -0.25) is 0 Å². The standard InChI is InChI=1S/C13H18N2/c1-10-4-6-13(7-5-10)12(3)15-9-11(2)8-14/h4-7,11-12,15H,9H2,1-3H3. The average molecular weight is 202 g/mol. The van der Waals surface area contributed by atoms with E-state index in [2.05, 4.69) is 49.5 Å². The Balaban J connectivity index is 2.51. The van der Waals surface area contributed by atoms with Gasteiger partial charge < -0.3 is 5.32 Å². The maximum absolute atomic E-state index is 8.66. The number of hydrogen-bond donors (Lipinski definition) is 1. The van der Waals surface area contributed by atoms with Crippen LogP contribution in [0.3, 0.4) is 0 Å². The maximum atomic E-state index is 8.66. The van der Waals surface area contributed by atoms with Crippen molar-refractivity contribution in [3.63, 3.8) is 0 Å². The highest BCUT2D eigenvalue weighted by atomic mass is 14.9. The molecule has 0 heterocycles. The summed E-state index contributed by atoms with van der Waals surface area (Å²) >= 11 is 0. The zero-order chi connectivity index (χ0) is 11.3. The quantitative estimate of drug-likeness (QED) is 0.815. The molecular weight excluding hydrogens is 184 g/mol. The number of benzene rings is 1. The van der Waals surface area contributed by atoms with Gasteiger partial charge in [0.05, 0.1) is 12.0 Å². The molecule has 80 valence electrons. The first-order valence-corrected chi connectivity index (χ1v) is 5.33. The topological polar surface area (TPSA) is 35.8 Å². The molecule has 2 nitrogen and oxygen atoms in total. The van der Waals surface area contributed by atoms with E-state index in [4.69, 9.17) is 5.26 Å². The molecule has 1 aromatic carbocycles. The number of nitrogens with zero attached hydrogens (tertiary/aromatic N) is 1. The summed E-state index contributed by atoms with van der Waals surface area (Å²) in [4.78, 5) is 0. The van der Waals surface area contributed by atoms with Gasteiger partial charge >= 0.3 is 0 Å². The van der Waals surface area contributed by atoms with Gasteiger partial charge in [-0.1, -0.05) is 29.8 Å². The molecule has 2 atom stereocenters. The van der Waals surface area contributed by atoms with Gasteiger partial charge in [-0.2, -0.15) is 5.26 Å². The molecule has 2 heteroatoms. The number of aryl methyl sites for hydroxylation is 1. The lowest BCUT2D eigenvalue weighted by molar-refractivity contribution is 0.528. The Kier molecular flexibility index (Phi) is 4.33. The molecule has 0 radical (unpaired) electrons. The van der Waals surface area contributed by atoms with Gasteiger partial charge in [-0.05, 0) is 26.3 Å². The molecule has 0 spiro atoms. The van der Waals surface area contributed by atoms with Crippen LogP contribution in [0.1, 0.15) is 31.0 Å². The van der Waals surface area contributed by atoms with Crippen molar-refractivity contribution in [2.75, 3.05) is 6.54 Å². The Morgan fingerprint density at radius 1 is 1.27 bits per heavy atom. The van der Waals surface area contributed by atoms with Crippen LogP contribution >= 0.6 is 0 Å². The third-order valence-corrected chi connectivity index (χ3v) is 2.53. The molecule has 0 aliphatic heterocycles. The normalized spacial score (nSPS) is 14.3. The molecule has 0 fully saturated rings. The first-order valence-electron chi connectivity index (χ1n) is 5.33. The second kappa shape index (κ2) is 5.53. The summed E-state index contributed by atoms with van der Waals surface area (Å²) in [6.07, 6.45) is 0. The Bertz CT molecular complexity index is 335. The van der Waals surface area contributed by atoms with Crippen LogP contribution in [-0.4, -0.2) is 6.54 Å². The average Bonchev–Trinajstić information content (AvgIpc) is 2.26. The largest absolute Gasteiger partial charge is 0.309 e. The molecular formula is C13H18N2. The van der Waals surface area contributed by atoms with E-state index in [0.29, 0.717) is 6.04 Å². The van der Waals surface area contributed by atoms with Gasteiger partial charge in [-0.15, -0.1) is 0 Å². The van der Waals surface area contributed by atoms with Crippen LogP contribution in [0, 0.1) is 24.2 Å². The van der Waals surface area contributed by atoms with Crippen molar-refractivity contribution in [3.05, 3.63) is 35.4 Å².